The highest BCUT2D eigenvalue weighted by Gasteiger charge is 2.12. The van der Waals surface area contributed by atoms with Gasteiger partial charge in [0.25, 0.3) is 0 Å². The zero-order valence-corrected chi connectivity index (χ0v) is 12.5. The van der Waals surface area contributed by atoms with Crippen LogP contribution in [0.2, 0.25) is 0 Å². The van der Waals surface area contributed by atoms with Gasteiger partial charge in [0.05, 0.1) is 0 Å². The molecular formula is C17H19N3O2. The number of benzene rings is 1. The highest BCUT2D eigenvalue weighted by atomic mass is 16.2. The van der Waals surface area contributed by atoms with Crippen LogP contribution in [0.25, 0.3) is 0 Å². The van der Waals surface area contributed by atoms with Crippen LogP contribution in [0, 0.1) is 6.92 Å². The van der Waals surface area contributed by atoms with Gasteiger partial charge in [0.15, 0.2) is 0 Å². The Kier molecular flexibility index (Phi) is 5.65. The van der Waals surface area contributed by atoms with Crippen molar-refractivity contribution in [3.63, 3.8) is 0 Å². The maximum absolute atomic E-state index is 11.7. The molecule has 0 unspecified atom stereocenters. The largest absolute Gasteiger partial charge is 0.347 e. The van der Waals surface area contributed by atoms with Gasteiger partial charge in [-0.2, -0.15) is 0 Å². The SMILES string of the molecule is Cc1cccc(CNC(=O)C(=O)NCCc2ccccn2)c1. The Morgan fingerprint density at radius 2 is 1.86 bits per heavy atom. The van der Waals surface area contributed by atoms with Gasteiger partial charge in [-0.3, -0.25) is 14.6 Å². The fourth-order valence-electron chi connectivity index (χ4n) is 2.02. The van der Waals surface area contributed by atoms with Gasteiger partial charge < -0.3 is 10.6 Å². The van der Waals surface area contributed by atoms with Gasteiger partial charge in [-0.25, -0.2) is 0 Å². The third kappa shape index (κ3) is 5.01. The molecule has 22 heavy (non-hydrogen) atoms. The fourth-order valence-corrected chi connectivity index (χ4v) is 2.02. The second-order valence-corrected chi connectivity index (χ2v) is 5.00. The number of carbonyl (C=O) groups excluding carboxylic acids is 2. The Morgan fingerprint density at radius 3 is 2.59 bits per heavy atom. The summed E-state index contributed by atoms with van der Waals surface area (Å²) < 4.78 is 0. The standard InChI is InChI=1S/C17H19N3O2/c1-13-5-4-6-14(11-13)12-20-17(22)16(21)19-10-8-15-7-2-3-9-18-15/h2-7,9,11H,8,10,12H2,1H3,(H,19,21)(H,20,22). The molecule has 0 saturated carbocycles. The smallest absolute Gasteiger partial charge is 0.309 e. The molecule has 2 N–H and O–H groups in total. The minimum absolute atomic E-state index is 0.341. The van der Waals surface area contributed by atoms with E-state index in [9.17, 15) is 9.59 Å². The maximum atomic E-state index is 11.7. The number of hydrogen-bond donors (Lipinski definition) is 2. The van der Waals surface area contributed by atoms with Gasteiger partial charge in [-0.05, 0) is 24.6 Å². The minimum atomic E-state index is -0.623. The molecule has 0 spiro atoms. The summed E-state index contributed by atoms with van der Waals surface area (Å²) in [6.45, 7) is 2.71. The van der Waals surface area contributed by atoms with Crippen molar-refractivity contribution in [2.75, 3.05) is 6.54 Å². The van der Waals surface area contributed by atoms with E-state index in [1.54, 1.807) is 6.20 Å². The second kappa shape index (κ2) is 7.93. The molecular weight excluding hydrogens is 278 g/mol. The van der Waals surface area contributed by atoms with E-state index in [0.29, 0.717) is 19.5 Å². The van der Waals surface area contributed by atoms with Crippen LogP contribution in [0.1, 0.15) is 16.8 Å². The van der Waals surface area contributed by atoms with Gasteiger partial charge in [0.1, 0.15) is 0 Å². The molecule has 0 fully saturated rings. The average Bonchev–Trinajstić information content (AvgIpc) is 2.53. The Hall–Kier alpha value is -2.69. The number of carbonyl (C=O) groups is 2. The highest BCUT2D eigenvalue weighted by molar-refractivity contribution is 6.35. The van der Waals surface area contributed by atoms with Gasteiger partial charge in [0.2, 0.25) is 0 Å². The zero-order valence-electron chi connectivity index (χ0n) is 12.5. The Morgan fingerprint density at radius 1 is 1.05 bits per heavy atom. The van der Waals surface area contributed by atoms with E-state index in [1.807, 2.05) is 49.4 Å². The summed E-state index contributed by atoms with van der Waals surface area (Å²) >= 11 is 0. The van der Waals surface area contributed by atoms with Crippen molar-refractivity contribution < 1.29 is 9.59 Å². The van der Waals surface area contributed by atoms with Crippen molar-refractivity contribution >= 4 is 11.8 Å². The molecule has 0 radical (unpaired) electrons. The first-order chi connectivity index (χ1) is 10.6. The van der Waals surface area contributed by atoms with Crippen LogP contribution in [-0.2, 0) is 22.6 Å². The molecule has 2 rings (SSSR count). The lowest BCUT2D eigenvalue weighted by Crippen LogP contribution is -2.40. The number of nitrogens with one attached hydrogen (secondary N) is 2. The quantitative estimate of drug-likeness (QED) is 0.819. The first kappa shape index (κ1) is 15.7. The Bertz CT molecular complexity index is 641. The lowest BCUT2D eigenvalue weighted by Gasteiger charge is -2.07. The van der Waals surface area contributed by atoms with Crippen molar-refractivity contribution in [3.05, 3.63) is 65.5 Å². The predicted octanol–water partition coefficient (Wildman–Crippen LogP) is 1.37. The van der Waals surface area contributed by atoms with Gasteiger partial charge in [-0.1, -0.05) is 35.9 Å². The number of nitrogens with zero attached hydrogens (tertiary/aromatic N) is 1. The molecule has 114 valence electrons. The summed E-state index contributed by atoms with van der Waals surface area (Å²) in [6, 6.07) is 13.4. The lowest BCUT2D eigenvalue weighted by atomic mass is 10.1. The summed E-state index contributed by atoms with van der Waals surface area (Å²) in [4.78, 5) is 27.5. The zero-order chi connectivity index (χ0) is 15.8. The number of hydrogen-bond acceptors (Lipinski definition) is 3. The third-order valence-corrected chi connectivity index (χ3v) is 3.13. The normalized spacial score (nSPS) is 10.0. The molecule has 0 bridgehead atoms. The summed E-state index contributed by atoms with van der Waals surface area (Å²) in [5, 5.41) is 5.20. The summed E-state index contributed by atoms with van der Waals surface area (Å²) in [5.41, 5.74) is 2.96. The summed E-state index contributed by atoms with van der Waals surface area (Å²) in [5.74, 6) is -1.24. The van der Waals surface area contributed by atoms with Crippen LogP contribution >= 0.6 is 0 Å². The molecule has 5 nitrogen and oxygen atoms in total. The van der Waals surface area contributed by atoms with Crippen molar-refractivity contribution in [1.82, 2.24) is 15.6 Å². The molecule has 0 atom stereocenters. The van der Waals surface area contributed by atoms with E-state index in [-0.39, 0.29) is 0 Å². The van der Waals surface area contributed by atoms with Crippen molar-refractivity contribution in [3.8, 4) is 0 Å². The number of aromatic nitrogens is 1. The Balaban J connectivity index is 1.72. The first-order valence-electron chi connectivity index (χ1n) is 7.16. The number of amides is 2. The molecule has 2 amide bonds. The first-order valence-corrected chi connectivity index (χ1v) is 7.16. The molecule has 0 aliphatic carbocycles. The van der Waals surface area contributed by atoms with Crippen molar-refractivity contribution in [1.29, 1.82) is 0 Å². The summed E-state index contributed by atoms with van der Waals surface area (Å²) in [6.07, 6.45) is 2.30. The van der Waals surface area contributed by atoms with Crippen molar-refractivity contribution in [2.45, 2.75) is 19.9 Å². The van der Waals surface area contributed by atoms with Crippen LogP contribution in [0.5, 0.6) is 0 Å². The molecule has 1 aromatic carbocycles. The molecule has 0 aliphatic rings. The van der Waals surface area contributed by atoms with E-state index in [1.165, 1.54) is 0 Å². The van der Waals surface area contributed by atoms with Gasteiger partial charge in [-0.15, -0.1) is 0 Å². The van der Waals surface area contributed by atoms with Crippen LogP contribution in [0.3, 0.4) is 0 Å². The average molecular weight is 297 g/mol. The van der Waals surface area contributed by atoms with Crippen molar-refractivity contribution in [2.24, 2.45) is 0 Å². The molecule has 2 aromatic rings. The molecule has 1 heterocycles. The van der Waals surface area contributed by atoms with Crippen LogP contribution in [-0.4, -0.2) is 23.3 Å². The molecule has 1 aromatic heterocycles. The van der Waals surface area contributed by atoms with Gasteiger partial charge in [0, 0.05) is 31.4 Å². The minimum Gasteiger partial charge on any atom is -0.347 e. The van der Waals surface area contributed by atoms with Crippen LogP contribution < -0.4 is 10.6 Å². The second-order valence-electron chi connectivity index (χ2n) is 5.00. The van der Waals surface area contributed by atoms with E-state index >= 15 is 0 Å². The predicted molar refractivity (Wildman–Crippen MR) is 84.0 cm³/mol. The third-order valence-electron chi connectivity index (χ3n) is 3.13. The topological polar surface area (TPSA) is 71.1 Å². The number of aryl methyl sites for hydroxylation is 1. The van der Waals surface area contributed by atoms with E-state index < -0.39 is 11.8 Å². The van der Waals surface area contributed by atoms with Gasteiger partial charge >= 0.3 is 11.8 Å². The lowest BCUT2D eigenvalue weighted by molar-refractivity contribution is -0.139. The van der Waals surface area contributed by atoms with E-state index in [2.05, 4.69) is 15.6 Å². The number of pyridine rings is 1. The van der Waals surface area contributed by atoms with Crippen LogP contribution in [0.4, 0.5) is 0 Å². The molecule has 5 heteroatoms. The monoisotopic (exact) mass is 297 g/mol. The molecule has 0 saturated heterocycles. The van der Waals surface area contributed by atoms with E-state index in [0.717, 1.165) is 16.8 Å². The number of rotatable bonds is 5. The van der Waals surface area contributed by atoms with E-state index in [4.69, 9.17) is 0 Å². The highest BCUT2D eigenvalue weighted by Crippen LogP contribution is 2.03. The Labute approximate surface area is 129 Å². The molecule has 0 aliphatic heterocycles. The maximum Gasteiger partial charge on any atom is 0.309 e. The van der Waals surface area contributed by atoms with Crippen LogP contribution in [0.15, 0.2) is 48.7 Å². The summed E-state index contributed by atoms with van der Waals surface area (Å²) in [7, 11) is 0. The fraction of sp³-hybridized carbons (Fsp3) is 0.235.